The van der Waals surface area contributed by atoms with E-state index in [2.05, 4.69) is 26.7 Å². The average Bonchev–Trinajstić information content (AvgIpc) is 2.69. The first kappa shape index (κ1) is 17.1. The molecule has 0 amide bonds. The third kappa shape index (κ3) is 3.22. The zero-order valence-corrected chi connectivity index (χ0v) is 14.7. The van der Waals surface area contributed by atoms with E-state index in [1.807, 2.05) is 12.1 Å². The molecule has 1 aliphatic heterocycles. The molecule has 1 aromatic heterocycles. The normalized spacial score (nSPS) is 17.4. The molecule has 0 radical (unpaired) electrons. The highest BCUT2D eigenvalue weighted by Gasteiger charge is 2.17. The van der Waals surface area contributed by atoms with Crippen molar-refractivity contribution in [2.24, 2.45) is 0 Å². The first-order chi connectivity index (χ1) is 12.6. The highest BCUT2D eigenvalue weighted by atomic mass is 35.5. The Morgan fingerprint density at radius 1 is 1.15 bits per heavy atom. The highest BCUT2D eigenvalue weighted by Crippen LogP contribution is 2.32. The van der Waals surface area contributed by atoms with Crippen LogP contribution in [-0.2, 0) is 0 Å². The molecule has 0 saturated carbocycles. The topological polar surface area (TPSA) is 49.8 Å². The van der Waals surface area contributed by atoms with E-state index in [4.69, 9.17) is 11.6 Å². The smallest absolute Gasteiger partial charge is 0.168 e. The lowest BCUT2D eigenvalue weighted by atomic mass is 9.91. The number of hydrogen-bond acceptors (Lipinski definition) is 4. The second-order valence-electron chi connectivity index (χ2n) is 6.39. The van der Waals surface area contributed by atoms with Crippen molar-refractivity contribution in [2.75, 3.05) is 18.4 Å². The highest BCUT2D eigenvalue weighted by molar-refractivity contribution is 6.31. The second-order valence-corrected chi connectivity index (χ2v) is 6.77. The second kappa shape index (κ2) is 7.13. The molecule has 2 N–H and O–H groups in total. The summed E-state index contributed by atoms with van der Waals surface area (Å²) in [5.41, 5.74) is 2.02. The molecular formula is C19H17ClF2N4. The SMILES string of the molecule is Fc1ccc(Nc2ncnc3ccc([C@@H]4CCCNC4)cc23)c(F)c1Cl. The van der Waals surface area contributed by atoms with Crippen LogP contribution in [0.3, 0.4) is 0 Å². The molecule has 1 fully saturated rings. The lowest BCUT2D eigenvalue weighted by Crippen LogP contribution is -2.28. The molecule has 7 heteroatoms. The van der Waals surface area contributed by atoms with Gasteiger partial charge >= 0.3 is 0 Å². The van der Waals surface area contributed by atoms with Gasteiger partial charge in [-0.05, 0) is 55.1 Å². The van der Waals surface area contributed by atoms with Crippen LogP contribution in [-0.4, -0.2) is 23.1 Å². The van der Waals surface area contributed by atoms with E-state index in [0.717, 1.165) is 42.9 Å². The summed E-state index contributed by atoms with van der Waals surface area (Å²) in [6.07, 6.45) is 3.67. The van der Waals surface area contributed by atoms with Gasteiger partial charge in [0, 0.05) is 11.9 Å². The maximum absolute atomic E-state index is 14.2. The molecule has 2 heterocycles. The van der Waals surface area contributed by atoms with Gasteiger partial charge in [0.15, 0.2) is 5.82 Å². The first-order valence-electron chi connectivity index (χ1n) is 8.49. The molecule has 1 saturated heterocycles. The minimum atomic E-state index is -0.842. The van der Waals surface area contributed by atoms with Gasteiger partial charge in [-0.3, -0.25) is 0 Å². The molecule has 0 bridgehead atoms. The number of nitrogens with one attached hydrogen (secondary N) is 2. The van der Waals surface area contributed by atoms with Crippen LogP contribution in [0, 0.1) is 11.6 Å². The maximum atomic E-state index is 14.2. The Labute approximate surface area is 154 Å². The molecule has 4 nitrogen and oxygen atoms in total. The number of aromatic nitrogens is 2. The van der Waals surface area contributed by atoms with E-state index in [9.17, 15) is 8.78 Å². The van der Waals surface area contributed by atoms with Crippen molar-refractivity contribution in [1.29, 1.82) is 0 Å². The number of halogens is 3. The summed E-state index contributed by atoms with van der Waals surface area (Å²) in [5, 5.41) is 6.58. The van der Waals surface area contributed by atoms with Crippen molar-refractivity contribution in [1.82, 2.24) is 15.3 Å². The van der Waals surface area contributed by atoms with E-state index in [-0.39, 0.29) is 5.69 Å². The third-order valence-corrected chi connectivity index (χ3v) is 5.06. The van der Waals surface area contributed by atoms with Crippen LogP contribution >= 0.6 is 11.6 Å². The van der Waals surface area contributed by atoms with Gasteiger partial charge in [-0.2, -0.15) is 0 Å². The predicted molar refractivity (Wildman–Crippen MR) is 99.0 cm³/mol. The Morgan fingerprint density at radius 3 is 2.85 bits per heavy atom. The van der Waals surface area contributed by atoms with Crippen molar-refractivity contribution in [3.05, 3.63) is 58.9 Å². The molecule has 3 aromatic rings. The largest absolute Gasteiger partial charge is 0.337 e. The molecule has 1 aliphatic rings. The van der Waals surface area contributed by atoms with Gasteiger partial charge in [0.05, 0.1) is 11.2 Å². The van der Waals surface area contributed by atoms with Gasteiger partial charge in [0.2, 0.25) is 0 Å². The monoisotopic (exact) mass is 374 g/mol. The van der Waals surface area contributed by atoms with Gasteiger partial charge in [-0.1, -0.05) is 17.7 Å². The zero-order valence-electron chi connectivity index (χ0n) is 13.9. The zero-order chi connectivity index (χ0) is 18.1. The number of fused-ring (bicyclic) bond motifs is 1. The van der Waals surface area contributed by atoms with Crippen LogP contribution in [0.2, 0.25) is 5.02 Å². The average molecular weight is 375 g/mol. The van der Waals surface area contributed by atoms with Crippen LogP contribution in [0.4, 0.5) is 20.3 Å². The quantitative estimate of drug-likeness (QED) is 0.648. The first-order valence-corrected chi connectivity index (χ1v) is 8.87. The van der Waals surface area contributed by atoms with E-state index < -0.39 is 16.7 Å². The van der Waals surface area contributed by atoms with Gasteiger partial charge in [0.25, 0.3) is 0 Å². The number of benzene rings is 2. The summed E-state index contributed by atoms with van der Waals surface area (Å²) in [4.78, 5) is 8.52. The molecule has 26 heavy (non-hydrogen) atoms. The lowest BCUT2D eigenvalue weighted by molar-refractivity contribution is 0.462. The molecule has 1 atom stereocenters. The van der Waals surface area contributed by atoms with E-state index in [0.29, 0.717) is 11.7 Å². The molecule has 0 unspecified atom stereocenters. The fraction of sp³-hybridized carbons (Fsp3) is 0.263. The summed E-state index contributed by atoms with van der Waals surface area (Å²) in [6.45, 7) is 1.98. The van der Waals surface area contributed by atoms with Crippen molar-refractivity contribution < 1.29 is 8.78 Å². The molecule has 0 aliphatic carbocycles. The van der Waals surface area contributed by atoms with Crippen LogP contribution in [0.1, 0.15) is 24.3 Å². The van der Waals surface area contributed by atoms with Crippen molar-refractivity contribution in [3.8, 4) is 0 Å². The molecule has 134 valence electrons. The maximum Gasteiger partial charge on any atom is 0.168 e. The number of anilines is 2. The molecule has 4 rings (SSSR count). The predicted octanol–water partition coefficient (Wildman–Crippen LogP) is 4.77. The Kier molecular flexibility index (Phi) is 4.70. The Morgan fingerprint density at radius 2 is 2.04 bits per heavy atom. The number of nitrogens with zero attached hydrogens (tertiary/aromatic N) is 2. The molecule has 0 spiro atoms. The minimum Gasteiger partial charge on any atom is -0.337 e. The summed E-state index contributed by atoms with van der Waals surface area (Å²) in [6, 6.07) is 8.49. The van der Waals surface area contributed by atoms with Crippen molar-refractivity contribution in [2.45, 2.75) is 18.8 Å². The summed E-state index contributed by atoms with van der Waals surface area (Å²) < 4.78 is 27.6. The van der Waals surface area contributed by atoms with E-state index in [1.165, 1.54) is 18.0 Å². The van der Waals surface area contributed by atoms with Gasteiger partial charge in [0.1, 0.15) is 23.0 Å². The standard InChI is InChI=1S/C19H17ClF2N4/c20-17-14(21)4-6-16(18(17)22)26-19-13-8-11(12-2-1-7-23-9-12)3-5-15(13)24-10-25-19/h3-6,8,10,12,23H,1-2,7,9H2,(H,24,25,26)/t12-/m1/s1. The van der Waals surface area contributed by atoms with Crippen molar-refractivity contribution >= 4 is 34.0 Å². The molecule has 2 aromatic carbocycles. The Balaban J connectivity index is 1.74. The summed E-state index contributed by atoms with van der Waals surface area (Å²) in [5.74, 6) is -0.749. The Bertz CT molecular complexity index is 958. The fourth-order valence-corrected chi connectivity index (χ4v) is 3.48. The number of piperidine rings is 1. The lowest BCUT2D eigenvalue weighted by Gasteiger charge is -2.23. The van der Waals surface area contributed by atoms with Gasteiger partial charge in [-0.15, -0.1) is 0 Å². The number of hydrogen-bond donors (Lipinski definition) is 2. The third-order valence-electron chi connectivity index (χ3n) is 4.72. The van der Waals surface area contributed by atoms with Crippen LogP contribution < -0.4 is 10.6 Å². The van der Waals surface area contributed by atoms with Gasteiger partial charge < -0.3 is 10.6 Å². The van der Waals surface area contributed by atoms with E-state index >= 15 is 0 Å². The Hall–Kier alpha value is -2.31. The van der Waals surface area contributed by atoms with Crippen LogP contribution in [0.5, 0.6) is 0 Å². The minimum absolute atomic E-state index is 0.0705. The summed E-state index contributed by atoms with van der Waals surface area (Å²) in [7, 11) is 0. The van der Waals surface area contributed by atoms with Crippen LogP contribution in [0.25, 0.3) is 10.9 Å². The van der Waals surface area contributed by atoms with Crippen LogP contribution in [0.15, 0.2) is 36.7 Å². The summed E-state index contributed by atoms with van der Waals surface area (Å²) >= 11 is 5.66. The van der Waals surface area contributed by atoms with E-state index in [1.54, 1.807) is 0 Å². The van der Waals surface area contributed by atoms with Gasteiger partial charge in [-0.25, -0.2) is 18.7 Å². The number of rotatable bonds is 3. The fourth-order valence-electron chi connectivity index (χ4n) is 3.31. The molecular weight excluding hydrogens is 358 g/mol. The van der Waals surface area contributed by atoms with Crippen molar-refractivity contribution in [3.63, 3.8) is 0 Å².